The molecule has 124 valence electrons. The van der Waals surface area contributed by atoms with Crippen LogP contribution in [0.25, 0.3) is 0 Å². The molecule has 0 aromatic heterocycles. The Morgan fingerprint density at radius 2 is 1.48 bits per heavy atom. The minimum absolute atomic E-state index is 0.693. The molecule has 1 atom stereocenters. The van der Waals surface area contributed by atoms with E-state index in [2.05, 4.69) is 48.5 Å². The van der Waals surface area contributed by atoms with Crippen molar-refractivity contribution in [3.05, 3.63) is 59.7 Å². The Bertz CT molecular complexity index is 569. The van der Waals surface area contributed by atoms with E-state index in [1.807, 2.05) is 13.8 Å². The summed E-state index contributed by atoms with van der Waals surface area (Å²) in [7, 11) is 0.693. The summed E-state index contributed by atoms with van der Waals surface area (Å²) >= 11 is 0. The van der Waals surface area contributed by atoms with Gasteiger partial charge < -0.3 is 9.47 Å². The van der Waals surface area contributed by atoms with Crippen LogP contribution in [0.2, 0.25) is 0 Å². The van der Waals surface area contributed by atoms with Crippen LogP contribution in [0.3, 0.4) is 0 Å². The number of rotatable bonds is 10. The van der Waals surface area contributed by atoms with Crippen molar-refractivity contribution >= 4 is 19.2 Å². The Morgan fingerprint density at radius 1 is 0.783 bits per heavy atom. The second kappa shape index (κ2) is 10.5. The molecule has 0 saturated heterocycles. The predicted molar refractivity (Wildman–Crippen MR) is 101 cm³/mol. The molecular formula is C20H27O2P. The van der Waals surface area contributed by atoms with Crippen molar-refractivity contribution in [1.29, 1.82) is 0 Å². The van der Waals surface area contributed by atoms with E-state index in [4.69, 9.17) is 9.47 Å². The highest BCUT2D eigenvalue weighted by Crippen LogP contribution is 2.18. The summed E-state index contributed by atoms with van der Waals surface area (Å²) in [5.74, 6) is 0. The molecular weight excluding hydrogens is 303 g/mol. The molecule has 2 aromatic rings. The van der Waals surface area contributed by atoms with E-state index in [1.54, 1.807) is 0 Å². The standard InChI is InChI=1S/C20H27O2P/c1-3-21-15-13-17-9-8-12-20(19(17)14-16-22-4-2)23-18-10-6-5-7-11-18/h5-12,23H,3-4,13-16H2,1-2H3. The van der Waals surface area contributed by atoms with Gasteiger partial charge >= 0.3 is 0 Å². The van der Waals surface area contributed by atoms with E-state index in [0.717, 1.165) is 39.3 Å². The Balaban J connectivity index is 2.18. The van der Waals surface area contributed by atoms with Crippen LogP contribution in [0.5, 0.6) is 0 Å². The van der Waals surface area contributed by atoms with Crippen LogP contribution < -0.4 is 10.6 Å². The Labute approximate surface area is 142 Å². The van der Waals surface area contributed by atoms with Gasteiger partial charge in [-0.2, -0.15) is 0 Å². The number of hydrogen-bond acceptors (Lipinski definition) is 2. The van der Waals surface area contributed by atoms with Gasteiger partial charge in [0.05, 0.1) is 13.2 Å². The third-order valence-electron chi connectivity index (χ3n) is 3.75. The van der Waals surface area contributed by atoms with Crippen molar-refractivity contribution in [1.82, 2.24) is 0 Å². The fraction of sp³-hybridized carbons (Fsp3) is 0.400. The summed E-state index contributed by atoms with van der Waals surface area (Å²) in [6.45, 7) is 7.22. The number of hydrogen-bond donors (Lipinski definition) is 0. The molecule has 0 N–H and O–H groups in total. The van der Waals surface area contributed by atoms with Crippen molar-refractivity contribution in [2.45, 2.75) is 26.7 Å². The smallest absolute Gasteiger partial charge is 0.0506 e. The van der Waals surface area contributed by atoms with Crippen molar-refractivity contribution < 1.29 is 9.47 Å². The molecule has 0 radical (unpaired) electrons. The molecule has 0 saturated carbocycles. The van der Waals surface area contributed by atoms with E-state index in [1.165, 1.54) is 21.7 Å². The maximum Gasteiger partial charge on any atom is 0.0506 e. The van der Waals surface area contributed by atoms with Crippen molar-refractivity contribution in [2.75, 3.05) is 26.4 Å². The van der Waals surface area contributed by atoms with Crippen molar-refractivity contribution in [2.24, 2.45) is 0 Å². The lowest BCUT2D eigenvalue weighted by Gasteiger charge is -2.15. The van der Waals surface area contributed by atoms with Crippen molar-refractivity contribution in [3.63, 3.8) is 0 Å². The fourth-order valence-corrected chi connectivity index (χ4v) is 3.89. The average Bonchev–Trinajstić information content (AvgIpc) is 2.58. The van der Waals surface area contributed by atoms with Gasteiger partial charge in [-0.1, -0.05) is 57.1 Å². The maximum atomic E-state index is 5.60. The number of ether oxygens (including phenoxy) is 2. The molecule has 0 heterocycles. The van der Waals surface area contributed by atoms with Gasteiger partial charge in [0.15, 0.2) is 0 Å². The largest absolute Gasteiger partial charge is 0.381 e. The summed E-state index contributed by atoms with van der Waals surface area (Å²) < 4.78 is 11.1. The monoisotopic (exact) mass is 330 g/mol. The summed E-state index contributed by atoms with van der Waals surface area (Å²) in [4.78, 5) is 0. The van der Waals surface area contributed by atoms with Crippen LogP contribution in [0.4, 0.5) is 0 Å². The molecule has 2 rings (SSSR count). The summed E-state index contributed by atoms with van der Waals surface area (Å²) in [6, 6.07) is 17.4. The number of benzene rings is 2. The first-order chi connectivity index (χ1) is 11.3. The minimum Gasteiger partial charge on any atom is -0.381 e. The van der Waals surface area contributed by atoms with Crippen molar-refractivity contribution in [3.8, 4) is 0 Å². The quantitative estimate of drug-likeness (QED) is 0.490. The third-order valence-corrected chi connectivity index (χ3v) is 5.11. The normalized spacial score (nSPS) is 11.4. The van der Waals surface area contributed by atoms with Gasteiger partial charge in [-0.15, -0.1) is 0 Å². The van der Waals surface area contributed by atoms with Crippen LogP contribution >= 0.6 is 8.58 Å². The zero-order chi connectivity index (χ0) is 16.3. The lowest BCUT2D eigenvalue weighted by Crippen LogP contribution is -2.15. The minimum atomic E-state index is 0.693. The van der Waals surface area contributed by atoms with Crippen LogP contribution in [0.1, 0.15) is 25.0 Å². The first-order valence-corrected chi connectivity index (χ1v) is 9.43. The molecule has 2 nitrogen and oxygen atoms in total. The molecule has 0 amide bonds. The SMILES string of the molecule is CCOCCc1cccc(Pc2ccccc2)c1CCOCC. The summed E-state index contributed by atoms with van der Waals surface area (Å²) in [5.41, 5.74) is 2.85. The predicted octanol–water partition coefficient (Wildman–Crippen LogP) is 3.47. The van der Waals surface area contributed by atoms with E-state index < -0.39 is 0 Å². The van der Waals surface area contributed by atoms with Crippen LogP contribution in [0, 0.1) is 0 Å². The highest BCUT2D eigenvalue weighted by atomic mass is 31.1. The van der Waals surface area contributed by atoms with E-state index in [9.17, 15) is 0 Å². The zero-order valence-electron chi connectivity index (χ0n) is 14.2. The molecule has 0 aliphatic rings. The zero-order valence-corrected chi connectivity index (χ0v) is 15.2. The molecule has 0 spiro atoms. The van der Waals surface area contributed by atoms with Gasteiger partial charge in [0.2, 0.25) is 0 Å². The maximum absolute atomic E-state index is 5.60. The van der Waals surface area contributed by atoms with E-state index in [0.29, 0.717) is 8.58 Å². The van der Waals surface area contributed by atoms with Crippen LogP contribution in [-0.2, 0) is 22.3 Å². The Kier molecular flexibility index (Phi) is 8.31. The van der Waals surface area contributed by atoms with Gasteiger partial charge in [-0.25, -0.2) is 0 Å². The Hall–Kier alpha value is -1.21. The highest BCUT2D eigenvalue weighted by molar-refractivity contribution is 7.55. The fourth-order valence-electron chi connectivity index (χ4n) is 2.60. The molecule has 23 heavy (non-hydrogen) atoms. The molecule has 0 aliphatic heterocycles. The second-order valence-corrected chi connectivity index (χ2v) is 6.69. The van der Waals surface area contributed by atoms with E-state index in [-0.39, 0.29) is 0 Å². The van der Waals surface area contributed by atoms with E-state index >= 15 is 0 Å². The summed E-state index contributed by atoms with van der Waals surface area (Å²) in [5, 5.41) is 2.82. The third kappa shape index (κ3) is 6.06. The molecule has 0 fully saturated rings. The second-order valence-electron chi connectivity index (χ2n) is 5.33. The summed E-state index contributed by atoms with van der Waals surface area (Å²) in [6.07, 6.45) is 1.95. The van der Waals surface area contributed by atoms with Crippen LogP contribution in [0.15, 0.2) is 48.5 Å². The first-order valence-electron chi connectivity index (χ1n) is 8.43. The lowest BCUT2D eigenvalue weighted by atomic mass is 10.0. The molecule has 1 unspecified atom stereocenters. The molecule has 3 heteroatoms. The van der Waals surface area contributed by atoms with Gasteiger partial charge in [0.1, 0.15) is 0 Å². The molecule has 0 bridgehead atoms. The molecule has 2 aromatic carbocycles. The average molecular weight is 330 g/mol. The Morgan fingerprint density at radius 3 is 2.17 bits per heavy atom. The lowest BCUT2D eigenvalue weighted by molar-refractivity contribution is 0.147. The van der Waals surface area contributed by atoms with Gasteiger partial charge in [0.25, 0.3) is 0 Å². The van der Waals surface area contributed by atoms with Gasteiger partial charge in [0, 0.05) is 13.2 Å². The topological polar surface area (TPSA) is 18.5 Å². The van der Waals surface area contributed by atoms with Gasteiger partial charge in [-0.05, 0) is 48.4 Å². The highest BCUT2D eigenvalue weighted by Gasteiger charge is 2.09. The first kappa shape index (κ1) is 18.1. The van der Waals surface area contributed by atoms with Gasteiger partial charge in [-0.3, -0.25) is 0 Å². The van der Waals surface area contributed by atoms with Crippen LogP contribution in [-0.4, -0.2) is 26.4 Å². The molecule has 0 aliphatic carbocycles.